The number of carbonyl (C=O) groups excluding carboxylic acids is 1. The lowest BCUT2D eigenvalue weighted by molar-refractivity contribution is 0.0943. The number of halogens is 2. The van der Waals surface area contributed by atoms with E-state index in [1.54, 1.807) is 36.4 Å². The van der Waals surface area contributed by atoms with Gasteiger partial charge in [-0.15, -0.1) is 0 Å². The molecule has 0 amide bonds. The van der Waals surface area contributed by atoms with Crippen molar-refractivity contribution in [3.63, 3.8) is 0 Å². The van der Waals surface area contributed by atoms with Crippen LogP contribution in [0.5, 0.6) is 0 Å². The number of carbonyl (C=O) groups is 1. The van der Waals surface area contributed by atoms with Gasteiger partial charge in [0, 0.05) is 15.6 Å². The molecule has 0 aliphatic rings. The Labute approximate surface area is 141 Å². The maximum Gasteiger partial charge on any atom is 0.184 e. The second kappa shape index (κ2) is 8.33. The minimum absolute atomic E-state index is 0.0371. The summed E-state index contributed by atoms with van der Waals surface area (Å²) < 4.78 is 0. The zero-order chi connectivity index (χ0) is 15.9. The standard InChI is InChI=1S/C18H19Cl2NO/c1-2-3-12-21-17(13-4-8-15(19)9-5-13)18(22)14-6-10-16(20)11-7-14/h4-11,17,21H,2-3,12H2,1H3/t17-/m0/s1. The molecule has 0 fully saturated rings. The van der Waals surface area contributed by atoms with Gasteiger partial charge >= 0.3 is 0 Å². The first-order valence-electron chi connectivity index (χ1n) is 7.40. The molecule has 2 aromatic carbocycles. The van der Waals surface area contributed by atoms with Gasteiger partial charge in [-0.05, 0) is 54.9 Å². The van der Waals surface area contributed by atoms with Crippen LogP contribution >= 0.6 is 23.2 Å². The lowest BCUT2D eigenvalue weighted by Crippen LogP contribution is -2.29. The minimum Gasteiger partial charge on any atom is -0.303 e. The van der Waals surface area contributed by atoms with Crippen molar-refractivity contribution in [2.75, 3.05) is 6.54 Å². The van der Waals surface area contributed by atoms with Gasteiger partial charge in [-0.3, -0.25) is 4.79 Å². The van der Waals surface area contributed by atoms with E-state index in [2.05, 4.69) is 12.2 Å². The van der Waals surface area contributed by atoms with Gasteiger partial charge in [-0.1, -0.05) is 48.7 Å². The third kappa shape index (κ3) is 4.57. The average molecular weight is 336 g/mol. The number of hydrogen-bond acceptors (Lipinski definition) is 2. The van der Waals surface area contributed by atoms with E-state index in [-0.39, 0.29) is 11.8 Å². The van der Waals surface area contributed by atoms with Gasteiger partial charge < -0.3 is 5.32 Å². The van der Waals surface area contributed by atoms with Crippen molar-refractivity contribution in [2.24, 2.45) is 0 Å². The lowest BCUT2D eigenvalue weighted by atomic mass is 9.97. The highest BCUT2D eigenvalue weighted by molar-refractivity contribution is 6.31. The normalized spacial score (nSPS) is 12.1. The van der Waals surface area contributed by atoms with Crippen molar-refractivity contribution in [3.8, 4) is 0 Å². The molecule has 2 rings (SSSR count). The van der Waals surface area contributed by atoms with Crippen LogP contribution in [0.2, 0.25) is 10.0 Å². The molecule has 0 aromatic heterocycles. The number of ketones is 1. The second-order valence-electron chi connectivity index (χ2n) is 5.16. The van der Waals surface area contributed by atoms with Crippen LogP contribution in [0, 0.1) is 0 Å². The highest BCUT2D eigenvalue weighted by atomic mass is 35.5. The van der Waals surface area contributed by atoms with Crippen LogP contribution in [0.25, 0.3) is 0 Å². The molecule has 4 heteroatoms. The molecule has 0 spiro atoms. The van der Waals surface area contributed by atoms with Gasteiger partial charge in [0.1, 0.15) is 0 Å². The Morgan fingerprint density at radius 3 is 2.09 bits per heavy atom. The number of nitrogens with one attached hydrogen (secondary N) is 1. The number of hydrogen-bond donors (Lipinski definition) is 1. The van der Waals surface area contributed by atoms with E-state index in [1.165, 1.54) is 0 Å². The Morgan fingerprint density at radius 2 is 1.55 bits per heavy atom. The third-order valence-electron chi connectivity index (χ3n) is 3.47. The van der Waals surface area contributed by atoms with E-state index in [0.29, 0.717) is 15.6 Å². The molecule has 0 bridgehead atoms. The Bertz CT molecular complexity index is 608. The van der Waals surface area contributed by atoms with Gasteiger partial charge in [-0.2, -0.15) is 0 Å². The highest BCUT2D eigenvalue weighted by Gasteiger charge is 2.21. The molecule has 0 saturated heterocycles. The van der Waals surface area contributed by atoms with Gasteiger partial charge in [0.05, 0.1) is 6.04 Å². The molecule has 2 nitrogen and oxygen atoms in total. The fourth-order valence-electron chi connectivity index (χ4n) is 2.22. The molecular weight excluding hydrogens is 317 g/mol. The predicted molar refractivity (Wildman–Crippen MR) is 92.9 cm³/mol. The topological polar surface area (TPSA) is 29.1 Å². The van der Waals surface area contributed by atoms with E-state index in [1.807, 2.05) is 12.1 Å². The molecule has 1 atom stereocenters. The largest absolute Gasteiger partial charge is 0.303 e. The van der Waals surface area contributed by atoms with Crippen LogP contribution < -0.4 is 5.32 Å². The quantitative estimate of drug-likeness (QED) is 0.548. The van der Waals surface area contributed by atoms with Gasteiger partial charge in [0.25, 0.3) is 0 Å². The Morgan fingerprint density at radius 1 is 1.00 bits per heavy atom. The summed E-state index contributed by atoms with van der Waals surface area (Å²) in [5.41, 5.74) is 1.56. The molecule has 0 saturated carbocycles. The molecule has 116 valence electrons. The monoisotopic (exact) mass is 335 g/mol. The summed E-state index contributed by atoms with van der Waals surface area (Å²) in [6, 6.07) is 14.0. The van der Waals surface area contributed by atoms with E-state index in [0.717, 1.165) is 24.9 Å². The second-order valence-corrected chi connectivity index (χ2v) is 6.04. The Balaban J connectivity index is 2.24. The molecule has 22 heavy (non-hydrogen) atoms. The van der Waals surface area contributed by atoms with E-state index < -0.39 is 0 Å². The third-order valence-corrected chi connectivity index (χ3v) is 3.98. The van der Waals surface area contributed by atoms with Gasteiger partial charge in [0.2, 0.25) is 0 Å². The zero-order valence-electron chi connectivity index (χ0n) is 12.5. The minimum atomic E-state index is -0.370. The SMILES string of the molecule is CCCCN[C@H](C(=O)c1ccc(Cl)cc1)c1ccc(Cl)cc1. The first-order valence-corrected chi connectivity index (χ1v) is 8.16. The van der Waals surface area contributed by atoms with Crippen LogP contribution in [0.4, 0.5) is 0 Å². The van der Waals surface area contributed by atoms with E-state index in [9.17, 15) is 4.79 Å². The number of Topliss-reactive ketones (excluding diaryl/α,β-unsaturated/α-hetero) is 1. The molecule has 0 aliphatic carbocycles. The molecule has 0 radical (unpaired) electrons. The van der Waals surface area contributed by atoms with Crippen molar-refractivity contribution in [1.29, 1.82) is 0 Å². The fourth-order valence-corrected chi connectivity index (χ4v) is 2.47. The van der Waals surface area contributed by atoms with Crippen LogP contribution in [0.3, 0.4) is 0 Å². The molecular formula is C18H19Cl2NO. The van der Waals surface area contributed by atoms with Crippen LogP contribution in [-0.2, 0) is 0 Å². The number of unbranched alkanes of at least 4 members (excludes halogenated alkanes) is 1. The van der Waals surface area contributed by atoms with Gasteiger partial charge in [-0.25, -0.2) is 0 Å². The maximum absolute atomic E-state index is 12.8. The molecule has 0 aliphatic heterocycles. The van der Waals surface area contributed by atoms with E-state index in [4.69, 9.17) is 23.2 Å². The summed E-state index contributed by atoms with van der Waals surface area (Å²) in [6.07, 6.45) is 2.10. The summed E-state index contributed by atoms with van der Waals surface area (Å²) in [5, 5.41) is 4.63. The van der Waals surface area contributed by atoms with Crippen molar-refractivity contribution < 1.29 is 4.79 Å². The zero-order valence-corrected chi connectivity index (χ0v) is 14.0. The summed E-state index contributed by atoms with van der Waals surface area (Å²) in [6.45, 7) is 2.92. The molecule has 2 aromatic rings. The lowest BCUT2D eigenvalue weighted by Gasteiger charge is -2.18. The fraction of sp³-hybridized carbons (Fsp3) is 0.278. The summed E-state index contributed by atoms with van der Waals surface area (Å²) in [4.78, 5) is 12.8. The highest BCUT2D eigenvalue weighted by Crippen LogP contribution is 2.22. The van der Waals surface area contributed by atoms with E-state index >= 15 is 0 Å². The Kier molecular flexibility index (Phi) is 6.44. The average Bonchev–Trinajstić information content (AvgIpc) is 2.53. The number of rotatable bonds is 7. The molecule has 0 heterocycles. The smallest absolute Gasteiger partial charge is 0.184 e. The van der Waals surface area contributed by atoms with Crippen LogP contribution in [0.15, 0.2) is 48.5 Å². The Hall–Kier alpha value is -1.35. The maximum atomic E-state index is 12.8. The number of benzene rings is 2. The summed E-state index contributed by atoms with van der Waals surface area (Å²) >= 11 is 11.8. The van der Waals surface area contributed by atoms with Crippen molar-refractivity contribution in [2.45, 2.75) is 25.8 Å². The van der Waals surface area contributed by atoms with Crippen LogP contribution in [-0.4, -0.2) is 12.3 Å². The summed E-state index contributed by atoms with van der Waals surface area (Å²) in [5.74, 6) is 0.0371. The van der Waals surface area contributed by atoms with Crippen molar-refractivity contribution in [1.82, 2.24) is 5.32 Å². The molecule has 1 N–H and O–H groups in total. The predicted octanol–water partition coefficient (Wildman–Crippen LogP) is 5.31. The van der Waals surface area contributed by atoms with Crippen molar-refractivity contribution >= 4 is 29.0 Å². The van der Waals surface area contributed by atoms with Gasteiger partial charge in [0.15, 0.2) is 5.78 Å². The van der Waals surface area contributed by atoms with Crippen LogP contribution in [0.1, 0.15) is 41.7 Å². The first kappa shape index (κ1) is 17.0. The molecule has 0 unspecified atom stereocenters. The summed E-state index contributed by atoms with van der Waals surface area (Å²) in [7, 11) is 0. The first-order chi connectivity index (χ1) is 10.6. The van der Waals surface area contributed by atoms with Crippen molar-refractivity contribution in [3.05, 3.63) is 69.7 Å².